The maximum atomic E-state index is 11.4. The van der Waals surface area contributed by atoms with Gasteiger partial charge in [-0.2, -0.15) is 0 Å². The van der Waals surface area contributed by atoms with E-state index in [9.17, 15) is 4.79 Å². The number of nitrogens with two attached hydrogens (primary N) is 1. The third kappa shape index (κ3) is 3.88. The lowest BCUT2D eigenvalue weighted by Gasteiger charge is -2.19. The van der Waals surface area contributed by atoms with Gasteiger partial charge in [-0.15, -0.1) is 0 Å². The molecule has 0 spiro atoms. The summed E-state index contributed by atoms with van der Waals surface area (Å²) < 4.78 is 5.60. The number of aryl methyl sites for hydroxylation is 1. The molecule has 0 unspecified atom stereocenters. The first-order valence-corrected chi connectivity index (χ1v) is 7.76. The first-order valence-electron chi connectivity index (χ1n) is 7.76. The van der Waals surface area contributed by atoms with Crippen LogP contribution in [0.25, 0.3) is 0 Å². The fraction of sp³-hybridized carbons (Fsp3) is 0.562. The van der Waals surface area contributed by atoms with Crippen LogP contribution in [0.5, 0.6) is 0 Å². The van der Waals surface area contributed by atoms with Crippen LogP contribution in [0.2, 0.25) is 0 Å². The van der Waals surface area contributed by atoms with E-state index in [0.29, 0.717) is 6.42 Å². The molecule has 1 aliphatic carbocycles. The maximum absolute atomic E-state index is 11.4. The molecule has 1 amide bonds. The van der Waals surface area contributed by atoms with Crippen molar-refractivity contribution in [1.82, 2.24) is 0 Å². The molecule has 4 N–H and O–H groups in total. The second-order valence-electron chi connectivity index (χ2n) is 5.94. The van der Waals surface area contributed by atoms with Crippen molar-refractivity contribution < 1.29 is 9.53 Å². The van der Waals surface area contributed by atoms with E-state index in [1.54, 1.807) is 0 Å². The van der Waals surface area contributed by atoms with Crippen LogP contribution in [0.3, 0.4) is 0 Å². The number of carbonyl (C=O) groups excluding carboxylic acids is 1. The van der Waals surface area contributed by atoms with Gasteiger partial charge in [0.1, 0.15) is 0 Å². The monoisotopic (exact) mass is 289 g/mol. The van der Waals surface area contributed by atoms with Crippen molar-refractivity contribution in [1.29, 1.82) is 0 Å². The van der Waals surface area contributed by atoms with Gasteiger partial charge in [0.2, 0.25) is 5.91 Å². The highest BCUT2D eigenvalue weighted by Crippen LogP contribution is 2.31. The van der Waals surface area contributed by atoms with Gasteiger partial charge in [0.25, 0.3) is 0 Å². The molecule has 1 aromatic carbocycles. The molecule has 0 saturated heterocycles. The smallest absolute Gasteiger partial charge is 0.224 e. The minimum Gasteiger partial charge on any atom is -0.397 e. The molecular weight excluding hydrogens is 266 g/mol. The predicted molar refractivity (Wildman–Crippen MR) is 84.5 cm³/mol. The SMILES string of the molecule is Nc1cc2c(cc1NCCCOCC1CC1)NC(=O)CC2. The van der Waals surface area contributed by atoms with E-state index in [-0.39, 0.29) is 5.91 Å². The summed E-state index contributed by atoms with van der Waals surface area (Å²) in [6.45, 7) is 2.51. The molecule has 1 aliphatic heterocycles. The lowest BCUT2D eigenvalue weighted by atomic mass is 10.0. The number of fused-ring (bicyclic) bond motifs is 1. The molecule has 1 fully saturated rings. The number of ether oxygens (including phenoxy) is 1. The molecule has 0 bridgehead atoms. The molecule has 1 heterocycles. The van der Waals surface area contributed by atoms with E-state index >= 15 is 0 Å². The Kier molecular flexibility index (Phi) is 4.29. The molecule has 5 heteroatoms. The summed E-state index contributed by atoms with van der Waals surface area (Å²) in [7, 11) is 0. The molecule has 1 aromatic rings. The van der Waals surface area contributed by atoms with Crippen molar-refractivity contribution >= 4 is 23.0 Å². The highest BCUT2D eigenvalue weighted by molar-refractivity contribution is 5.95. The quantitative estimate of drug-likeness (QED) is 0.532. The molecule has 0 aromatic heterocycles. The molecule has 5 nitrogen and oxygen atoms in total. The predicted octanol–water partition coefficient (Wildman–Crippen LogP) is 2.38. The number of nitrogens with one attached hydrogen (secondary N) is 2. The van der Waals surface area contributed by atoms with Gasteiger partial charge in [0.05, 0.1) is 11.4 Å². The van der Waals surface area contributed by atoms with E-state index in [0.717, 1.165) is 61.1 Å². The Morgan fingerprint density at radius 1 is 1.33 bits per heavy atom. The van der Waals surface area contributed by atoms with E-state index in [1.807, 2.05) is 12.1 Å². The van der Waals surface area contributed by atoms with Crippen molar-refractivity contribution in [3.8, 4) is 0 Å². The van der Waals surface area contributed by atoms with Crippen LogP contribution in [0, 0.1) is 5.92 Å². The van der Waals surface area contributed by atoms with Crippen LogP contribution in [-0.4, -0.2) is 25.7 Å². The van der Waals surface area contributed by atoms with Crippen LogP contribution >= 0.6 is 0 Å². The van der Waals surface area contributed by atoms with Gasteiger partial charge < -0.3 is 21.1 Å². The Balaban J connectivity index is 1.47. The number of hydrogen-bond donors (Lipinski definition) is 3. The fourth-order valence-corrected chi connectivity index (χ4v) is 2.53. The van der Waals surface area contributed by atoms with E-state index in [2.05, 4.69) is 10.6 Å². The third-order valence-corrected chi connectivity index (χ3v) is 4.00. The van der Waals surface area contributed by atoms with Crippen LogP contribution in [-0.2, 0) is 16.0 Å². The van der Waals surface area contributed by atoms with Crippen molar-refractivity contribution in [2.45, 2.75) is 32.1 Å². The topological polar surface area (TPSA) is 76.4 Å². The normalized spacial score (nSPS) is 17.2. The number of carbonyl (C=O) groups is 1. The third-order valence-electron chi connectivity index (χ3n) is 4.00. The summed E-state index contributed by atoms with van der Waals surface area (Å²) in [6, 6.07) is 3.90. The Morgan fingerprint density at radius 2 is 2.19 bits per heavy atom. The first kappa shape index (κ1) is 14.2. The molecule has 3 rings (SSSR count). The molecule has 114 valence electrons. The number of hydrogen-bond acceptors (Lipinski definition) is 4. The van der Waals surface area contributed by atoms with E-state index in [4.69, 9.17) is 10.5 Å². The zero-order chi connectivity index (χ0) is 14.7. The minimum absolute atomic E-state index is 0.0756. The van der Waals surface area contributed by atoms with Gasteiger partial charge in [-0.3, -0.25) is 4.79 Å². The second-order valence-corrected chi connectivity index (χ2v) is 5.94. The van der Waals surface area contributed by atoms with Gasteiger partial charge in [-0.05, 0) is 49.3 Å². The number of rotatable bonds is 7. The van der Waals surface area contributed by atoms with Gasteiger partial charge in [0, 0.05) is 31.9 Å². The van der Waals surface area contributed by atoms with E-state index < -0.39 is 0 Å². The average Bonchev–Trinajstić information content (AvgIpc) is 3.27. The zero-order valence-electron chi connectivity index (χ0n) is 12.3. The Bertz CT molecular complexity index is 526. The number of benzene rings is 1. The van der Waals surface area contributed by atoms with Crippen molar-refractivity contribution in [3.63, 3.8) is 0 Å². The summed E-state index contributed by atoms with van der Waals surface area (Å²) in [5.74, 6) is 0.893. The Morgan fingerprint density at radius 3 is 3.00 bits per heavy atom. The lowest BCUT2D eigenvalue weighted by molar-refractivity contribution is -0.116. The van der Waals surface area contributed by atoms with Gasteiger partial charge in [0.15, 0.2) is 0 Å². The van der Waals surface area contributed by atoms with Crippen molar-refractivity contribution in [2.24, 2.45) is 5.92 Å². The minimum atomic E-state index is 0.0756. The van der Waals surface area contributed by atoms with Crippen LogP contribution < -0.4 is 16.4 Å². The maximum Gasteiger partial charge on any atom is 0.224 e. The van der Waals surface area contributed by atoms with Gasteiger partial charge in [-0.1, -0.05) is 0 Å². The van der Waals surface area contributed by atoms with E-state index in [1.165, 1.54) is 12.8 Å². The van der Waals surface area contributed by atoms with Crippen LogP contribution in [0.15, 0.2) is 12.1 Å². The molecular formula is C16H23N3O2. The fourth-order valence-electron chi connectivity index (χ4n) is 2.53. The highest BCUT2D eigenvalue weighted by Gasteiger charge is 2.20. The number of nitrogen functional groups attached to an aromatic ring is 1. The summed E-state index contributed by atoms with van der Waals surface area (Å²) in [6.07, 6.45) is 4.92. The summed E-state index contributed by atoms with van der Waals surface area (Å²) >= 11 is 0. The summed E-state index contributed by atoms with van der Waals surface area (Å²) in [4.78, 5) is 11.4. The molecule has 0 radical (unpaired) electrons. The molecule has 1 saturated carbocycles. The number of amides is 1. The van der Waals surface area contributed by atoms with Crippen molar-refractivity contribution in [3.05, 3.63) is 17.7 Å². The van der Waals surface area contributed by atoms with Crippen LogP contribution in [0.1, 0.15) is 31.2 Å². The molecule has 2 aliphatic rings. The van der Waals surface area contributed by atoms with Crippen LogP contribution in [0.4, 0.5) is 17.1 Å². The van der Waals surface area contributed by atoms with Gasteiger partial charge in [-0.25, -0.2) is 0 Å². The molecule has 0 atom stereocenters. The standard InChI is InChI=1S/C16H23N3O2/c17-13-8-12-4-5-16(20)19-14(12)9-15(13)18-6-1-7-21-10-11-2-3-11/h8-9,11,18H,1-7,10,17H2,(H,19,20). The van der Waals surface area contributed by atoms with Gasteiger partial charge >= 0.3 is 0 Å². The summed E-state index contributed by atoms with van der Waals surface area (Å²) in [5.41, 5.74) is 9.69. The first-order chi connectivity index (χ1) is 10.2. The Hall–Kier alpha value is -1.75. The van der Waals surface area contributed by atoms with Crippen molar-refractivity contribution in [2.75, 3.05) is 36.1 Å². The number of anilines is 3. The second kappa shape index (κ2) is 6.35. The zero-order valence-corrected chi connectivity index (χ0v) is 12.3. The highest BCUT2D eigenvalue weighted by atomic mass is 16.5. The average molecular weight is 289 g/mol. The molecule has 21 heavy (non-hydrogen) atoms. The lowest BCUT2D eigenvalue weighted by Crippen LogP contribution is -2.19. The Labute approximate surface area is 125 Å². The largest absolute Gasteiger partial charge is 0.397 e. The summed E-state index contributed by atoms with van der Waals surface area (Å²) in [5, 5.41) is 6.22.